The van der Waals surface area contributed by atoms with Gasteiger partial charge in [0, 0.05) is 11.3 Å². The Kier molecular flexibility index (Phi) is 3.23. The molecule has 0 atom stereocenters. The first-order valence-electron chi connectivity index (χ1n) is 5.50. The molecular formula is C13H15N3O. The first-order valence-corrected chi connectivity index (χ1v) is 5.50. The molecule has 0 bridgehead atoms. The van der Waals surface area contributed by atoms with Crippen molar-refractivity contribution in [2.75, 3.05) is 5.73 Å². The Hall–Kier alpha value is -2.10. The highest BCUT2D eigenvalue weighted by Gasteiger charge is 2.04. The number of hydrogen-bond acceptors (Lipinski definition) is 4. The topological polar surface area (TPSA) is 61.0 Å². The molecule has 0 aliphatic rings. The van der Waals surface area contributed by atoms with E-state index in [9.17, 15) is 0 Å². The third kappa shape index (κ3) is 2.93. The van der Waals surface area contributed by atoms with Crippen molar-refractivity contribution in [1.29, 1.82) is 0 Å². The van der Waals surface area contributed by atoms with E-state index in [1.807, 2.05) is 38.1 Å². The zero-order valence-electron chi connectivity index (χ0n) is 9.92. The second-order valence-corrected chi connectivity index (χ2v) is 4.03. The summed E-state index contributed by atoms with van der Waals surface area (Å²) in [5, 5.41) is 0. The molecule has 0 saturated heterocycles. The van der Waals surface area contributed by atoms with Crippen LogP contribution in [-0.2, 0) is 0 Å². The second kappa shape index (κ2) is 4.82. The van der Waals surface area contributed by atoms with E-state index in [-0.39, 0.29) is 6.10 Å². The summed E-state index contributed by atoms with van der Waals surface area (Å²) in [6, 6.07) is 7.51. The van der Waals surface area contributed by atoms with Crippen molar-refractivity contribution in [3.63, 3.8) is 0 Å². The minimum Gasteiger partial charge on any atom is -0.474 e. The Labute approximate surface area is 100 Å². The van der Waals surface area contributed by atoms with Crippen molar-refractivity contribution in [2.24, 2.45) is 0 Å². The van der Waals surface area contributed by atoms with Gasteiger partial charge < -0.3 is 10.5 Å². The van der Waals surface area contributed by atoms with Gasteiger partial charge in [-0.25, -0.2) is 4.98 Å². The maximum atomic E-state index is 5.64. The number of aromatic nitrogens is 2. The summed E-state index contributed by atoms with van der Waals surface area (Å²) in [6.45, 7) is 3.91. The van der Waals surface area contributed by atoms with E-state index >= 15 is 0 Å². The third-order valence-electron chi connectivity index (χ3n) is 2.18. The highest BCUT2D eigenvalue weighted by molar-refractivity contribution is 5.61. The summed E-state index contributed by atoms with van der Waals surface area (Å²) < 4.78 is 5.50. The van der Waals surface area contributed by atoms with E-state index < -0.39 is 0 Å². The molecule has 0 spiro atoms. The van der Waals surface area contributed by atoms with Crippen LogP contribution in [0.4, 0.5) is 5.69 Å². The second-order valence-electron chi connectivity index (χ2n) is 4.03. The van der Waals surface area contributed by atoms with Crippen molar-refractivity contribution in [3.05, 3.63) is 36.7 Å². The molecule has 2 N–H and O–H groups in total. The van der Waals surface area contributed by atoms with Gasteiger partial charge in [0.2, 0.25) is 5.88 Å². The molecule has 0 aliphatic carbocycles. The van der Waals surface area contributed by atoms with Crippen LogP contribution in [0.5, 0.6) is 5.88 Å². The summed E-state index contributed by atoms with van der Waals surface area (Å²) in [7, 11) is 0. The molecule has 1 aromatic heterocycles. The van der Waals surface area contributed by atoms with E-state index in [1.54, 1.807) is 12.4 Å². The molecule has 2 aromatic rings. The van der Waals surface area contributed by atoms with Crippen molar-refractivity contribution in [3.8, 4) is 17.1 Å². The van der Waals surface area contributed by atoms with Gasteiger partial charge >= 0.3 is 0 Å². The molecule has 2 rings (SSSR count). The number of anilines is 1. The summed E-state index contributed by atoms with van der Waals surface area (Å²) in [5.74, 6) is 0.536. The molecule has 4 nitrogen and oxygen atoms in total. The molecular weight excluding hydrogens is 214 g/mol. The molecule has 0 unspecified atom stereocenters. The zero-order valence-corrected chi connectivity index (χ0v) is 9.92. The highest BCUT2D eigenvalue weighted by atomic mass is 16.5. The van der Waals surface area contributed by atoms with Gasteiger partial charge in [0.1, 0.15) is 0 Å². The predicted octanol–water partition coefficient (Wildman–Crippen LogP) is 2.51. The molecule has 0 radical (unpaired) electrons. The van der Waals surface area contributed by atoms with Crippen molar-refractivity contribution in [2.45, 2.75) is 20.0 Å². The fourth-order valence-corrected chi connectivity index (χ4v) is 1.44. The van der Waals surface area contributed by atoms with Crippen LogP contribution in [0.1, 0.15) is 13.8 Å². The predicted molar refractivity (Wildman–Crippen MR) is 67.6 cm³/mol. The monoisotopic (exact) mass is 229 g/mol. The average molecular weight is 229 g/mol. The van der Waals surface area contributed by atoms with Gasteiger partial charge in [-0.1, -0.05) is 12.1 Å². The van der Waals surface area contributed by atoms with Gasteiger partial charge in [0.25, 0.3) is 0 Å². The standard InChI is InChI=1S/C13H15N3O/c1-9(2)17-13-8-15-7-12(16-13)10-3-5-11(14)6-4-10/h3-9H,14H2,1-2H3. The first-order chi connectivity index (χ1) is 8.15. The number of benzene rings is 1. The largest absolute Gasteiger partial charge is 0.474 e. The number of ether oxygens (including phenoxy) is 1. The molecule has 1 heterocycles. The number of nitrogen functional groups attached to an aromatic ring is 1. The molecule has 17 heavy (non-hydrogen) atoms. The van der Waals surface area contributed by atoms with Crippen LogP contribution in [-0.4, -0.2) is 16.1 Å². The smallest absolute Gasteiger partial charge is 0.233 e. The normalized spacial score (nSPS) is 10.5. The molecule has 0 fully saturated rings. The molecule has 1 aromatic carbocycles. The summed E-state index contributed by atoms with van der Waals surface area (Å²) in [4.78, 5) is 8.51. The number of nitrogens with two attached hydrogens (primary N) is 1. The van der Waals surface area contributed by atoms with E-state index in [0.29, 0.717) is 5.88 Å². The lowest BCUT2D eigenvalue weighted by molar-refractivity contribution is 0.232. The van der Waals surface area contributed by atoms with E-state index in [0.717, 1.165) is 16.9 Å². The van der Waals surface area contributed by atoms with Crippen LogP contribution in [0.15, 0.2) is 36.7 Å². The third-order valence-corrected chi connectivity index (χ3v) is 2.18. The van der Waals surface area contributed by atoms with Gasteiger partial charge in [0.15, 0.2) is 0 Å². The molecule has 4 heteroatoms. The molecule has 88 valence electrons. The fourth-order valence-electron chi connectivity index (χ4n) is 1.44. The number of hydrogen-bond donors (Lipinski definition) is 1. The first kappa shape index (κ1) is 11.4. The van der Waals surface area contributed by atoms with Crippen LogP contribution in [0.3, 0.4) is 0 Å². The minimum absolute atomic E-state index is 0.0889. The van der Waals surface area contributed by atoms with Gasteiger partial charge in [-0.05, 0) is 26.0 Å². The Morgan fingerprint density at radius 3 is 2.47 bits per heavy atom. The van der Waals surface area contributed by atoms with Crippen LogP contribution in [0.25, 0.3) is 11.3 Å². The van der Waals surface area contributed by atoms with Crippen molar-refractivity contribution in [1.82, 2.24) is 9.97 Å². The Balaban J connectivity index is 2.29. The molecule has 0 saturated carbocycles. The Bertz CT molecular complexity index is 494. The van der Waals surface area contributed by atoms with E-state index in [2.05, 4.69) is 9.97 Å². The highest BCUT2D eigenvalue weighted by Crippen LogP contribution is 2.20. The number of nitrogens with zero attached hydrogens (tertiary/aromatic N) is 2. The van der Waals surface area contributed by atoms with Crippen molar-refractivity contribution >= 4 is 5.69 Å². The lowest BCUT2D eigenvalue weighted by atomic mass is 10.1. The Morgan fingerprint density at radius 1 is 1.12 bits per heavy atom. The summed E-state index contributed by atoms with van der Waals surface area (Å²) in [5.41, 5.74) is 8.13. The maximum Gasteiger partial charge on any atom is 0.233 e. The quantitative estimate of drug-likeness (QED) is 0.821. The van der Waals surface area contributed by atoms with Crippen LogP contribution in [0, 0.1) is 0 Å². The van der Waals surface area contributed by atoms with Gasteiger partial charge in [0.05, 0.1) is 24.2 Å². The minimum atomic E-state index is 0.0889. The number of rotatable bonds is 3. The van der Waals surface area contributed by atoms with E-state index in [1.165, 1.54) is 0 Å². The van der Waals surface area contributed by atoms with Crippen molar-refractivity contribution < 1.29 is 4.74 Å². The van der Waals surface area contributed by atoms with Crippen LogP contribution >= 0.6 is 0 Å². The van der Waals surface area contributed by atoms with Gasteiger partial charge in [-0.2, -0.15) is 0 Å². The Morgan fingerprint density at radius 2 is 1.82 bits per heavy atom. The maximum absolute atomic E-state index is 5.64. The fraction of sp³-hybridized carbons (Fsp3) is 0.231. The molecule has 0 amide bonds. The molecule has 0 aliphatic heterocycles. The SMILES string of the molecule is CC(C)Oc1cncc(-c2ccc(N)cc2)n1. The summed E-state index contributed by atoms with van der Waals surface area (Å²) in [6.07, 6.45) is 3.41. The van der Waals surface area contributed by atoms with Gasteiger partial charge in [-0.15, -0.1) is 0 Å². The lowest BCUT2D eigenvalue weighted by Crippen LogP contribution is -2.07. The average Bonchev–Trinajstić information content (AvgIpc) is 2.29. The lowest BCUT2D eigenvalue weighted by Gasteiger charge is -2.09. The summed E-state index contributed by atoms with van der Waals surface area (Å²) >= 11 is 0. The van der Waals surface area contributed by atoms with Crippen LogP contribution < -0.4 is 10.5 Å². The van der Waals surface area contributed by atoms with Crippen LogP contribution in [0.2, 0.25) is 0 Å². The zero-order chi connectivity index (χ0) is 12.3. The van der Waals surface area contributed by atoms with Gasteiger partial charge in [-0.3, -0.25) is 4.98 Å². The van der Waals surface area contributed by atoms with E-state index in [4.69, 9.17) is 10.5 Å².